The van der Waals surface area contributed by atoms with Crippen LogP contribution in [0.15, 0.2) is 134 Å². The lowest BCUT2D eigenvalue weighted by Crippen LogP contribution is -2.11. The van der Waals surface area contributed by atoms with Gasteiger partial charge < -0.3 is 5.11 Å². The van der Waals surface area contributed by atoms with Gasteiger partial charge in [0.25, 0.3) is 0 Å². The van der Waals surface area contributed by atoms with Crippen molar-refractivity contribution < 1.29 is 5.11 Å². The zero-order chi connectivity index (χ0) is 37.9. The van der Waals surface area contributed by atoms with Gasteiger partial charge in [0.05, 0.1) is 22.1 Å². The van der Waals surface area contributed by atoms with Crippen LogP contribution in [0.5, 0.6) is 5.75 Å². The number of nitrogens with zero attached hydrogens (tertiary/aromatic N) is 3. The van der Waals surface area contributed by atoms with E-state index >= 15 is 0 Å². The summed E-state index contributed by atoms with van der Waals surface area (Å²) in [6, 6.07) is 44.9. The lowest BCUT2D eigenvalue weighted by molar-refractivity contribution is 0.477. The minimum absolute atomic E-state index is 0.0157. The quantitative estimate of drug-likeness (QED) is 0.194. The van der Waals surface area contributed by atoms with Crippen LogP contribution in [0.4, 0.5) is 0 Å². The summed E-state index contributed by atoms with van der Waals surface area (Å²) in [5.41, 5.74) is 15.9. The molecule has 0 spiro atoms. The first-order chi connectivity index (χ1) is 25.8. The third-order valence-electron chi connectivity index (χ3n) is 10.7. The van der Waals surface area contributed by atoms with E-state index in [1.165, 1.54) is 27.8 Å². The zero-order valence-corrected chi connectivity index (χ0v) is 32.5. The van der Waals surface area contributed by atoms with Crippen LogP contribution >= 0.6 is 0 Å². The van der Waals surface area contributed by atoms with Crippen molar-refractivity contribution in [1.29, 1.82) is 0 Å². The van der Waals surface area contributed by atoms with Crippen molar-refractivity contribution in [2.45, 2.75) is 66.2 Å². The van der Waals surface area contributed by atoms with Crippen LogP contribution in [-0.2, 0) is 10.8 Å². The van der Waals surface area contributed by atoms with Gasteiger partial charge in [-0.05, 0) is 124 Å². The van der Waals surface area contributed by atoms with E-state index < -0.39 is 0 Å². The molecule has 54 heavy (non-hydrogen) atoms. The van der Waals surface area contributed by atoms with E-state index in [2.05, 4.69) is 169 Å². The maximum Gasteiger partial charge on any atom is 0.149 e. The summed E-state index contributed by atoms with van der Waals surface area (Å²) >= 11 is 0. The highest BCUT2D eigenvalue weighted by atomic mass is 16.3. The number of hydrogen-bond donors (Lipinski definition) is 1. The van der Waals surface area contributed by atoms with Crippen LogP contribution in [-0.4, -0.2) is 19.6 Å². The predicted octanol–water partition coefficient (Wildman–Crippen LogP) is 13.2. The van der Waals surface area contributed by atoms with Gasteiger partial charge in [0.2, 0.25) is 0 Å². The highest BCUT2D eigenvalue weighted by Crippen LogP contribution is 2.41. The van der Waals surface area contributed by atoms with Crippen LogP contribution in [0, 0.1) is 13.8 Å². The molecule has 6 aromatic carbocycles. The maximum atomic E-state index is 11.6. The molecule has 4 heteroatoms. The number of phenolic OH excluding ortho intramolecular Hbond substituents is 1. The summed E-state index contributed by atoms with van der Waals surface area (Å²) < 4.78 is 2.20. The maximum absolute atomic E-state index is 11.6. The van der Waals surface area contributed by atoms with Gasteiger partial charge in [0.1, 0.15) is 11.6 Å². The number of rotatable bonds is 5. The van der Waals surface area contributed by atoms with Crippen molar-refractivity contribution in [3.63, 3.8) is 0 Å². The molecule has 0 unspecified atom stereocenters. The number of aromatic nitrogens is 3. The summed E-state index contributed by atoms with van der Waals surface area (Å²) in [6.45, 7) is 17.7. The second kappa shape index (κ2) is 13.1. The number of phenols is 1. The van der Waals surface area contributed by atoms with Crippen LogP contribution in [0.1, 0.15) is 63.8 Å². The number of para-hydroxylation sites is 1. The van der Waals surface area contributed by atoms with Crippen molar-refractivity contribution in [3.8, 4) is 56.2 Å². The molecule has 0 bridgehead atoms. The topological polar surface area (TPSA) is 50.9 Å². The molecule has 0 aliphatic carbocycles. The Bertz CT molecular complexity index is 2680. The van der Waals surface area contributed by atoms with Crippen LogP contribution in [0.3, 0.4) is 0 Å². The van der Waals surface area contributed by atoms with Crippen molar-refractivity contribution in [2.24, 2.45) is 0 Å². The highest BCUT2D eigenvalue weighted by molar-refractivity contribution is 5.99. The van der Waals surface area contributed by atoms with E-state index in [-0.39, 0.29) is 16.6 Å². The molecule has 0 saturated heterocycles. The molecule has 0 radical (unpaired) electrons. The Hall–Kier alpha value is -6.00. The molecular formula is C50H47N3O. The number of benzene rings is 6. The van der Waals surface area contributed by atoms with Gasteiger partial charge in [-0.25, -0.2) is 4.98 Å². The van der Waals surface area contributed by atoms with Crippen molar-refractivity contribution >= 4 is 21.9 Å². The van der Waals surface area contributed by atoms with E-state index in [4.69, 9.17) is 9.97 Å². The zero-order valence-electron chi connectivity index (χ0n) is 32.5. The van der Waals surface area contributed by atoms with Crippen molar-refractivity contribution in [3.05, 3.63) is 156 Å². The van der Waals surface area contributed by atoms with Gasteiger partial charge in [0, 0.05) is 28.4 Å². The van der Waals surface area contributed by atoms with Gasteiger partial charge in [0.15, 0.2) is 0 Å². The molecule has 0 aliphatic heterocycles. The van der Waals surface area contributed by atoms with Gasteiger partial charge in [-0.15, -0.1) is 0 Å². The standard InChI is InChI=1S/C50H47N3O/c1-31-13-9-14-32(2)45(31)35-20-25-44(54)42(29-35)48-52-47-40(18-11-19-43(47)53(48)39-23-21-37(22-24-39)49(3,4)5)33-15-10-16-34(27-33)41-30-38(50(6,7)8)28-36-17-12-26-51-46(36)41/h9-30,54H,1-8H3. The molecule has 0 aliphatic rings. The number of aryl methyl sites for hydroxylation is 2. The number of hydrogen-bond acceptors (Lipinski definition) is 3. The Labute approximate surface area is 318 Å². The summed E-state index contributed by atoms with van der Waals surface area (Å²) in [4.78, 5) is 10.3. The molecule has 0 fully saturated rings. The Balaban J connectivity index is 1.36. The van der Waals surface area contributed by atoms with E-state index in [1.807, 2.05) is 18.3 Å². The third-order valence-corrected chi connectivity index (χ3v) is 10.7. The predicted molar refractivity (Wildman–Crippen MR) is 227 cm³/mol. The largest absolute Gasteiger partial charge is 0.507 e. The average Bonchev–Trinajstić information content (AvgIpc) is 3.54. The summed E-state index contributed by atoms with van der Waals surface area (Å²) in [6.07, 6.45) is 1.88. The minimum Gasteiger partial charge on any atom is -0.507 e. The SMILES string of the molecule is Cc1cccc(C)c1-c1ccc(O)c(-c2nc3c(-c4cccc(-c5cc(C(C)(C)C)cc6cccnc56)c4)cccc3n2-c2ccc(C(C)(C)C)cc2)c1. The molecule has 8 rings (SSSR count). The molecule has 1 N–H and O–H groups in total. The molecule has 0 saturated carbocycles. The Kier molecular flexibility index (Phi) is 8.53. The fraction of sp³-hybridized carbons (Fsp3) is 0.200. The van der Waals surface area contributed by atoms with E-state index in [1.54, 1.807) is 6.07 Å². The van der Waals surface area contributed by atoms with Crippen molar-refractivity contribution in [1.82, 2.24) is 14.5 Å². The summed E-state index contributed by atoms with van der Waals surface area (Å²) in [5, 5.41) is 12.7. The highest BCUT2D eigenvalue weighted by Gasteiger charge is 2.23. The molecule has 8 aromatic rings. The van der Waals surface area contributed by atoms with Gasteiger partial charge in [-0.2, -0.15) is 0 Å². The van der Waals surface area contributed by atoms with Gasteiger partial charge in [-0.3, -0.25) is 9.55 Å². The van der Waals surface area contributed by atoms with Gasteiger partial charge >= 0.3 is 0 Å². The first kappa shape index (κ1) is 35.1. The minimum atomic E-state index is -0.0168. The molecule has 2 aromatic heterocycles. The fourth-order valence-electron chi connectivity index (χ4n) is 7.72. The monoisotopic (exact) mass is 705 g/mol. The Morgan fingerprint density at radius 3 is 1.91 bits per heavy atom. The van der Waals surface area contributed by atoms with Crippen LogP contribution in [0.25, 0.3) is 72.4 Å². The van der Waals surface area contributed by atoms with Crippen molar-refractivity contribution in [2.75, 3.05) is 0 Å². The second-order valence-corrected chi connectivity index (χ2v) is 16.7. The average molecular weight is 706 g/mol. The lowest BCUT2D eigenvalue weighted by Gasteiger charge is -2.21. The molecular weight excluding hydrogens is 659 g/mol. The third kappa shape index (κ3) is 6.26. The summed E-state index contributed by atoms with van der Waals surface area (Å²) in [5.74, 6) is 0.880. The van der Waals surface area contributed by atoms with E-state index in [9.17, 15) is 5.11 Å². The van der Waals surface area contributed by atoms with E-state index in [0.29, 0.717) is 11.4 Å². The number of pyridine rings is 1. The number of aromatic hydroxyl groups is 1. The first-order valence-electron chi connectivity index (χ1n) is 18.8. The lowest BCUT2D eigenvalue weighted by atomic mass is 9.84. The Morgan fingerprint density at radius 2 is 1.20 bits per heavy atom. The van der Waals surface area contributed by atoms with Crippen LogP contribution in [0.2, 0.25) is 0 Å². The van der Waals surface area contributed by atoms with Crippen LogP contribution < -0.4 is 0 Å². The molecule has 0 atom stereocenters. The second-order valence-electron chi connectivity index (χ2n) is 16.7. The number of imidazole rings is 1. The Morgan fingerprint density at radius 1 is 0.537 bits per heavy atom. The fourth-order valence-corrected chi connectivity index (χ4v) is 7.72. The molecule has 0 amide bonds. The van der Waals surface area contributed by atoms with Gasteiger partial charge in [-0.1, -0.05) is 114 Å². The normalized spacial score (nSPS) is 12.1. The smallest absolute Gasteiger partial charge is 0.149 e. The summed E-state index contributed by atoms with van der Waals surface area (Å²) in [7, 11) is 0. The molecule has 2 heterocycles. The molecule has 268 valence electrons. The van der Waals surface area contributed by atoms with E-state index in [0.717, 1.165) is 55.4 Å². The first-order valence-corrected chi connectivity index (χ1v) is 18.8. The molecule has 4 nitrogen and oxygen atoms in total. The number of fused-ring (bicyclic) bond motifs is 2.